The summed E-state index contributed by atoms with van der Waals surface area (Å²) in [5, 5.41) is 10.9. The second kappa shape index (κ2) is 8.93. The fraction of sp³-hybridized carbons (Fsp3) is 0.476. The summed E-state index contributed by atoms with van der Waals surface area (Å²) in [5.74, 6) is 1.35. The Morgan fingerprint density at radius 3 is 2.70 bits per heavy atom. The second-order valence-electron chi connectivity index (χ2n) is 7.71. The Kier molecular flexibility index (Phi) is 6.10. The van der Waals surface area contributed by atoms with Crippen LogP contribution >= 0.6 is 0 Å². The Morgan fingerprint density at radius 2 is 2.03 bits per heavy atom. The van der Waals surface area contributed by atoms with E-state index in [1.54, 1.807) is 12.1 Å². The zero-order valence-corrected chi connectivity index (χ0v) is 16.9. The van der Waals surface area contributed by atoms with Crippen LogP contribution in [-0.2, 0) is 4.74 Å². The van der Waals surface area contributed by atoms with Gasteiger partial charge in [-0.15, -0.1) is 0 Å². The molecule has 0 spiro atoms. The molecule has 0 saturated carbocycles. The molecule has 8 nitrogen and oxygen atoms in total. The molecule has 9 heteroatoms. The van der Waals surface area contributed by atoms with Gasteiger partial charge in [-0.3, -0.25) is 9.69 Å². The molecule has 0 aliphatic carbocycles. The van der Waals surface area contributed by atoms with Gasteiger partial charge in [0.2, 0.25) is 0 Å². The van der Waals surface area contributed by atoms with E-state index in [1.165, 1.54) is 12.1 Å². The van der Waals surface area contributed by atoms with E-state index in [0.29, 0.717) is 43.7 Å². The van der Waals surface area contributed by atoms with Crippen molar-refractivity contribution in [2.75, 3.05) is 31.6 Å². The molecule has 1 aromatic heterocycles. The highest BCUT2D eigenvalue weighted by atomic mass is 19.1. The average Bonchev–Trinajstić information content (AvgIpc) is 2.72. The molecule has 1 unspecified atom stereocenters. The number of anilines is 1. The van der Waals surface area contributed by atoms with Crippen molar-refractivity contribution in [3.8, 4) is 5.75 Å². The van der Waals surface area contributed by atoms with Gasteiger partial charge in [-0.05, 0) is 44.0 Å². The normalized spacial score (nSPS) is 19.1. The SMILES string of the molecule is CC(c1nc(NC2CCOCC2)c(C=N)c(=O)[nH]1)N1CC(Oc2ccc(F)cc2)C1. The maximum atomic E-state index is 13.0. The van der Waals surface area contributed by atoms with E-state index in [0.717, 1.165) is 19.1 Å². The molecule has 0 bridgehead atoms. The van der Waals surface area contributed by atoms with Crippen molar-refractivity contribution in [3.63, 3.8) is 0 Å². The second-order valence-corrected chi connectivity index (χ2v) is 7.71. The summed E-state index contributed by atoms with van der Waals surface area (Å²) >= 11 is 0. The minimum Gasteiger partial charge on any atom is -0.488 e. The minimum absolute atomic E-state index is 0.00492. The number of nitrogens with zero attached hydrogens (tertiary/aromatic N) is 2. The minimum atomic E-state index is -0.323. The molecule has 1 atom stereocenters. The van der Waals surface area contributed by atoms with Gasteiger partial charge in [-0.2, -0.15) is 0 Å². The van der Waals surface area contributed by atoms with Crippen molar-refractivity contribution in [1.29, 1.82) is 5.41 Å². The van der Waals surface area contributed by atoms with Crippen molar-refractivity contribution < 1.29 is 13.9 Å². The van der Waals surface area contributed by atoms with Crippen LogP contribution in [0.2, 0.25) is 0 Å². The summed E-state index contributed by atoms with van der Waals surface area (Å²) in [6.07, 6.45) is 2.72. The van der Waals surface area contributed by atoms with Gasteiger partial charge in [-0.1, -0.05) is 0 Å². The maximum absolute atomic E-state index is 13.0. The maximum Gasteiger partial charge on any atom is 0.261 e. The van der Waals surface area contributed by atoms with E-state index in [4.69, 9.17) is 14.9 Å². The molecule has 0 amide bonds. The molecule has 1 aromatic carbocycles. The number of halogens is 1. The average molecular weight is 415 g/mol. The molecule has 30 heavy (non-hydrogen) atoms. The van der Waals surface area contributed by atoms with Crippen LogP contribution < -0.4 is 15.6 Å². The van der Waals surface area contributed by atoms with E-state index in [2.05, 4.69) is 20.2 Å². The Balaban J connectivity index is 1.42. The van der Waals surface area contributed by atoms with E-state index < -0.39 is 0 Å². The van der Waals surface area contributed by atoms with Crippen LogP contribution in [0.5, 0.6) is 5.75 Å². The van der Waals surface area contributed by atoms with Crippen molar-refractivity contribution in [2.24, 2.45) is 0 Å². The van der Waals surface area contributed by atoms with E-state index in [-0.39, 0.29) is 35.1 Å². The van der Waals surface area contributed by atoms with Crippen molar-refractivity contribution in [2.45, 2.75) is 38.0 Å². The van der Waals surface area contributed by atoms with Crippen LogP contribution in [0, 0.1) is 11.2 Å². The van der Waals surface area contributed by atoms with Crippen LogP contribution in [0.1, 0.15) is 37.2 Å². The summed E-state index contributed by atoms with van der Waals surface area (Å²) in [5.41, 5.74) is -0.0883. The number of nitrogens with one attached hydrogen (secondary N) is 3. The number of aromatic nitrogens is 2. The summed E-state index contributed by atoms with van der Waals surface area (Å²) in [4.78, 5) is 22.1. The molecule has 2 aliphatic rings. The van der Waals surface area contributed by atoms with E-state index in [9.17, 15) is 9.18 Å². The Hall–Kier alpha value is -2.78. The molecule has 2 fully saturated rings. The largest absolute Gasteiger partial charge is 0.488 e. The molecular formula is C21H26FN5O3. The van der Waals surface area contributed by atoms with Crippen LogP contribution in [0.3, 0.4) is 0 Å². The van der Waals surface area contributed by atoms with Crippen LogP contribution in [-0.4, -0.2) is 59.5 Å². The monoisotopic (exact) mass is 415 g/mol. The molecule has 160 valence electrons. The van der Waals surface area contributed by atoms with Gasteiger partial charge in [0.1, 0.15) is 29.3 Å². The lowest BCUT2D eigenvalue weighted by molar-refractivity contribution is -0.00742. The number of hydrogen-bond acceptors (Lipinski definition) is 7. The zero-order valence-electron chi connectivity index (χ0n) is 16.9. The number of aromatic amines is 1. The standard InChI is InChI=1S/C21H26FN5O3/c1-13(27-11-17(12-27)30-16-4-2-14(22)3-5-16)19-25-20(18(10-23)21(28)26-19)24-15-6-8-29-9-7-15/h2-5,10,13,15,17,23H,6-9,11-12H2,1H3,(H2,24,25,26,28). The third-order valence-corrected chi connectivity index (χ3v) is 5.62. The lowest BCUT2D eigenvalue weighted by Crippen LogP contribution is -2.54. The quantitative estimate of drug-likeness (QED) is 0.600. The van der Waals surface area contributed by atoms with Gasteiger partial charge in [0, 0.05) is 38.6 Å². The molecule has 0 radical (unpaired) electrons. The predicted octanol–water partition coefficient (Wildman–Crippen LogP) is 2.32. The summed E-state index contributed by atoms with van der Waals surface area (Å²) in [6, 6.07) is 6.05. The summed E-state index contributed by atoms with van der Waals surface area (Å²) in [6.45, 7) is 4.68. The van der Waals surface area contributed by atoms with E-state index in [1.807, 2.05) is 6.92 Å². The number of hydrogen-bond donors (Lipinski definition) is 3. The summed E-state index contributed by atoms with van der Waals surface area (Å²) < 4.78 is 24.3. The van der Waals surface area contributed by atoms with Crippen LogP contribution in [0.15, 0.2) is 29.1 Å². The summed E-state index contributed by atoms with van der Waals surface area (Å²) in [7, 11) is 0. The predicted molar refractivity (Wildman–Crippen MR) is 111 cm³/mol. The molecule has 2 aliphatic heterocycles. The number of likely N-dealkylation sites (tertiary alicyclic amines) is 1. The highest BCUT2D eigenvalue weighted by Gasteiger charge is 2.34. The number of H-pyrrole nitrogens is 1. The van der Waals surface area contributed by atoms with Gasteiger partial charge in [0.15, 0.2) is 0 Å². The molecule has 3 N–H and O–H groups in total. The topological polar surface area (TPSA) is 103 Å². The molecule has 4 rings (SSSR count). The highest BCUT2D eigenvalue weighted by molar-refractivity contribution is 5.83. The Morgan fingerprint density at radius 1 is 1.33 bits per heavy atom. The van der Waals surface area contributed by atoms with Crippen molar-refractivity contribution in [1.82, 2.24) is 14.9 Å². The Bertz CT molecular complexity index is 937. The number of benzene rings is 1. The molecule has 2 aromatic rings. The van der Waals surface area contributed by atoms with Crippen LogP contribution in [0.4, 0.5) is 10.2 Å². The first-order chi connectivity index (χ1) is 14.5. The third kappa shape index (κ3) is 4.52. The molecular weight excluding hydrogens is 389 g/mol. The van der Waals surface area contributed by atoms with Gasteiger partial charge < -0.3 is 25.2 Å². The van der Waals surface area contributed by atoms with Gasteiger partial charge in [-0.25, -0.2) is 9.37 Å². The first-order valence-electron chi connectivity index (χ1n) is 10.2. The lowest BCUT2D eigenvalue weighted by Gasteiger charge is -2.42. The first-order valence-corrected chi connectivity index (χ1v) is 10.2. The lowest BCUT2D eigenvalue weighted by atomic mass is 10.1. The smallest absolute Gasteiger partial charge is 0.261 e. The number of rotatable bonds is 7. The zero-order chi connectivity index (χ0) is 21.1. The highest BCUT2D eigenvalue weighted by Crippen LogP contribution is 2.27. The van der Waals surface area contributed by atoms with Crippen molar-refractivity contribution in [3.05, 3.63) is 51.8 Å². The van der Waals surface area contributed by atoms with Crippen LogP contribution in [0.25, 0.3) is 0 Å². The van der Waals surface area contributed by atoms with Gasteiger partial charge in [0.25, 0.3) is 5.56 Å². The number of ether oxygens (including phenoxy) is 2. The molecule has 3 heterocycles. The Labute approximate surface area is 173 Å². The first kappa shape index (κ1) is 20.5. The van der Waals surface area contributed by atoms with Gasteiger partial charge in [0.05, 0.1) is 11.6 Å². The fourth-order valence-corrected chi connectivity index (χ4v) is 3.72. The van der Waals surface area contributed by atoms with Crippen molar-refractivity contribution >= 4 is 12.0 Å². The third-order valence-electron chi connectivity index (χ3n) is 5.62. The van der Waals surface area contributed by atoms with E-state index >= 15 is 0 Å². The molecule has 2 saturated heterocycles. The van der Waals surface area contributed by atoms with Gasteiger partial charge >= 0.3 is 0 Å². The fourth-order valence-electron chi connectivity index (χ4n) is 3.72.